The summed E-state index contributed by atoms with van der Waals surface area (Å²) in [6.45, 7) is 4.84. The molecule has 0 radical (unpaired) electrons. The number of benzene rings is 2. The van der Waals surface area contributed by atoms with Gasteiger partial charge >= 0.3 is 0 Å². The normalized spacial score (nSPS) is 15.3. The van der Waals surface area contributed by atoms with Crippen LogP contribution >= 0.6 is 0 Å². The zero-order chi connectivity index (χ0) is 22.6. The first-order chi connectivity index (χ1) is 14.7. The molecule has 2 aromatic carbocycles. The molecule has 0 spiro atoms. The molecule has 31 heavy (non-hydrogen) atoms. The van der Waals surface area contributed by atoms with Crippen LogP contribution in [0.4, 0.5) is 11.4 Å². The molecule has 0 aromatic heterocycles. The maximum Gasteiger partial charge on any atom is 0.255 e. The van der Waals surface area contributed by atoms with Crippen molar-refractivity contribution in [3.63, 3.8) is 0 Å². The number of hydrogen-bond acceptors (Lipinski definition) is 4. The van der Waals surface area contributed by atoms with Gasteiger partial charge in [-0.1, -0.05) is 29.8 Å². The van der Waals surface area contributed by atoms with Gasteiger partial charge in [0.05, 0.1) is 23.2 Å². The molecule has 3 rings (SSSR count). The molecule has 1 fully saturated rings. The molecule has 1 atom stereocenters. The molecule has 1 aliphatic heterocycles. The number of nitrogens with one attached hydrogen (secondary N) is 1. The summed E-state index contributed by atoms with van der Waals surface area (Å²) < 4.78 is 26.1. The Labute approximate surface area is 184 Å². The number of para-hydroxylation sites is 1. The Morgan fingerprint density at radius 3 is 2.23 bits per heavy atom. The zero-order valence-electron chi connectivity index (χ0n) is 18.2. The van der Waals surface area contributed by atoms with Crippen LogP contribution in [0.25, 0.3) is 0 Å². The Balaban J connectivity index is 1.84. The second-order valence-electron chi connectivity index (χ2n) is 7.96. The first kappa shape index (κ1) is 22.8. The average Bonchev–Trinajstić information content (AvgIpc) is 2.75. The lowest BCUT2D eigenvalue weighted by molar-refractivity contribution is -0.116. The predicted molar refractivity (Wildman–Crippen MR) is 123 cm³/mol. The van der Waals surface area contributed by atoms with Crippen molar-refractivity contribution in [2.45, 2.75) is 39.2 Å². The minimum Gasteiger partial charge on any atom is -0.339 e. The summed E-state index contributed by atoms with van der Waals surface area (Å²) in [5.74, 6) is -0.633. The van der Waals surface area contributed by atoms with Crippen molar-refractivity contribution < 1.29 is 18.0 Å². The van der Waals surface area contributed by atoms with Gasteiger partial charge in [-0.05, 0) is 57.4 Å². The highest BCUT2D eigenvalue weighted by atomic mass is 32.2. The van der Waals surface area contributed by atoms with Gasteiger partial charge in [-0.15, -0.1) is 0 Å². The Morgan fingerprint density at radius 2 is 1.61 bits per heavy atom. The number of nitrogens with zero attached hydrogens (tertiary/aromatic N) is 2. The van der Waals surface area contributed by atoms with Crippen molar-refractivity contribution in [3.8, 4) is 0 Å². The minimum atomic E-state index is -3.71. The minimum absolute atomic E-state index is 0.123. The van der Waals surface area contributed by atoms with Gasteiger partial charge in [-0.2, -0.15) is 0 Å². The fraction of sp³-hybridized carbons (Fsp3) is 0.391. The molecule has 1 saturated heterocycles. The van der Waals surface area contributed by atoms with E-state index in [1.165, 1.54) is 6.92 Å². The lowest BCUT2D eigenvalue weighted by Gasteiger charge is -2.29. The van der Waals surface area contributed by atoms with Crippen molar-refractivity contribution in [2.24, 2.45) is 0 Å². The summed E-state index contributed by atoms with van der Waals surface area (Å²) in [7, 11) is -3.71. The van der Waals surface area contributed by atoms with E-state index in [2.05, 4.69) is 5.32 Å². The monoisotopic (exact) mass is 443 g/mol. The fourth-order valence-corrected chi connectivity index (χ4v) is 4.96. The maximum absolute atomic E-state index is 13.0. The van der Waals surface area contributed by atoms with E-state index < -0.39 is 22.0 Å². The molecule has 2 amide bonds. The van der Waals surface area contributed by atoms with Gasteiger partial charge in [-0.25, -0.2) is 8.42 Å². The topological polar surface area (TPSA) is 86.8 Å². The number of rotatable bonds is 6. The average molecular weight is 444 g/mol. The van der Waals surface area contributed by atoms with Crippen molar-refractivity contribution >= 4 is 33.2 Å². The van der Waals surface area contributed by atoms with E-state index >= 15 is 0 Å². The lowest BCUT2D eigenvalue weighted by Crippen LogP contribution is -2.45. The molecular formula is C23H29N3O4S. The number of hydrogen-bond donors (Lipinski definition) is 1. The first-order valence-corrected chi connectivity index (χ1v) is 12.3. The lowest BCUT2D eigenvalue weighted by atomic mass is 10.1. The van der Waals surface area contributed by atoms with Crippen LogP contribution in [0.15, 0.2) is 48.5 Å². The molecule has 1 heterocycles. The molecule has 0 unspecified atom stereocenters. The van der Waals surface area contributed by atoms with Crippen LogP contribution in [-0.2, 0) is 14.8 Å². The van der Waals surface area contributed by atoms with Crippen molar-refractivity contribution in [1.29, 1.82) is 0 Å². The first-order valence-electron chi connectivity index (χ1n) is 10.4. The molecule has 0 aliphatic carbocycles. The third kappa shape index (κ3) is 5.44. The van der Waals surface area contributed by atoms with Gasteiger partial charge in [0.25, 0.3) is 5.91 Å². The summed E-state index contributed by atoms with van der Waals surface area (Å²) in [5, 5.41) is 2.77. The zero-order valence-corrected chi connectivity index (χ0v) is 19.0. The third-order valence-corrected chi connectivity index (χ3v) is 6.68. The van der Waals surface area contributed by atoms with Crippen LogP contribution in [0.2, 0.25) is 0 Å². The standard InChI is InChI=1S/C23H29N3O4S/c1-17-11-13-19(14-12-17)26(31(3,29)30)18(2)22(27)24-21-10-6-5-9-20(21)23(28)25-15-7-4-8-16-25/h5-6,9-14,18H,4,7-8,15-16H2,1-3H3,(H,24,27)/t18-/m0/s1. The number of anilines is 2. The summed E-state index contributed by atoms with van der Waals surface area (Å²) in [6, 6.07) is 12.8. The van der Waals surface area contributed by atoms with Gasteiger partial charge in [0, 0.05) is 13.1 Å². The van der Waals surface area contributed by atoms with E-state index in [-0.39, 0.29) is 5.91 Å². The van der Waals surface area contributed by atoms with Gasteiger partial charge < -0.3 is 10.2 Å². The molecule has 0 bridgehead atoms. The fourth-order valence-electron chi connectivity index (χ4n) is 3.78. The van der Waals surface area contributed by atoms with E-state index in [4.69, 9.17) is 0 Å². The molecule has 2 aromatic rings. The Hall–Kier alpha value is -2.87. The van der Waals surface area contributed by atoms with E-state index in [0.29, 0.717) is 30.0 Å². The van der Waals surface area contributed by atoms with Crippen molar-refractivity contribution in [3.05, 3.63) is 59.7 Å². The number of carbonyl (C=O) groups is 2. The Bertz CT molecular complexity index is 1040. The van der Waals surface area contributed by atoms with E-state index in [1.54, 1.807) is 53.4 Å². The Morgan fingerprint density at radius 1 is 1.00 bits per heavy atom. The molecular weight excluding hydrogens is 414 g/mol. The van der Waals surface area contributed by atoms with Crippen LogP contribution in [-0.4, -0.2) is 50.5 Å². The van der Waals surface area contributed by atoms with Crippen LogP contribution in [0, 0.1) is 6.92 Å². The molecule has 0 saturated carbocycles. The van der Waals surface area contributed by atoms with Crippen molar-refractivity contribution in [2.75, 3.05) is 29.0 Å². The summed E-state index contributed by atoms with van der Waals surface area (Å²) in [5.41, 5.74) is 2.19. The molecule has 8 heteroatoms. The van der Waals surface area contributed by atoms with Gasteiger partial charge in [0.2, 0.25) is 15.9 Å². The number of piperidine rings is 1. The number of likely N-dealkylation sites (tertiary alicyclic amines) is 1. The van der Waals surface area contributed by atoms with Crippen molar-refractivity contribution in [1.82, 2.24) is 4.90 Å². The second kappa shape index (κ2) is 9.51. The van der Waals surface area contributed by atoms with E-state index in [1.807, 2.05) is 6.92 Å². The molecule has 1 N–H and O–H groups in total. The molecule has 166 valence electrons. The van der Waals surface area contributed by atoms with Crippen LogP contribution in [0.5, 0.6) is 0 Å². The summed E-state index contributed by atoms with van der Waals surface area (Å²) in [6.07, 6.45) is 4.12. The highest BCUT2D eigenvalue weighted by molar-refractivity contribution is 7.92. The van der Waals surface area contributed by atoms with Gasteiger partial charge in [-0.3, -0.25) is 13.9 Å². The molecule has 1 aliphatic rings. The second-order valence-corrected chi connectivity index (χ2v) is 9.82. The highest BCUT2D eigenvalue weighted by Crippen LogP contribution is 2.24. The number of amides is 2. The van der Waals surface area contributed by atoms with Crippen LogP contribution < -0.4 is 9.62 Å². The summed E-state index contributed by atoms with van der Waals surface area (Å²) >= 11 is 0. The van der Waals surface area contributed by atoms with Gasteiger partial charge in [0.1, 0.15) is 6.04 Å². The van der Waals surface area contributed by atoms with E-state index in [0.717, 1.165) is 35.4 Å². The smallest absolute Gasteiger partial charge is 0.255 e. The van der Waals surface area contributed by atoms with E-state index in [9.17, 15) is 18.0 Å². The van der Waals surface area contributed by atoms with Crippen LogP contribution in [0.3, 0.4) is 0 Å². The highest BCUT2D eigenvalue weighted by Gasteiger charge is 2.30. The maximum atomic E-state index is 13.0. The largest absolute Gasteiger partial charge is 0.339 e. The third-order valence-electron chi connectivity index (χ3n) is 5.44. The number of carbonyl (C=O) groups excluding carboxylic acids is 2. The quantitative estimate of drug-likeness (QED) is 0.741. The van der Waals surface area contributed by atoms with Gasteiger partial charge in [0.15, 0.2) is 0 Å². The number of sulfonamides is 1. The van der Waals surface area contributed by atoms with Crippen LogP contribution in [0.1, 0.15) is 42.1 Å². The SMILES string of the molecule is Cc1ccc(N([C@@H](C)C(=O)Nc2ccccc2C(=O)N2CCCCC2)S(C)(=O)=O)cc1. The number of aryl methyl sites for hydroxylation is 1. The summed E-state index contributed by atoms with van der Waals surface area (Å²) in [4.78, 5) is 27.8. The Kier molecular flexibility index (Phi) is 7.00. The predicted octanol–water partition coefficient (Wildman–Crippen LogP) is 3.41. The molecule has 7 nitrogen and oxygen atoms in total.